The van der Waals surface area contributed by atoms with Gasteiger partial charge in [-0.3, -0.25) is 0 Å². The summed E-state index contributed by atoms with van der Waals surface area (Å²) in [7, 11) is 0. The molecule has 0 fully saturated rings. The van der Waals surface area contributed by atoms with Gasteiger partial charge in [0.25, 0.3) is 0 Å². The molecule has 0 radical (unpaired) electrons. The first-order valence-corrected chi connectivity index (χ1v) is 5.58. The SMILES string of the molecule is CCCCCC[CH2][Sn+3]. The van der Waals surface area contributed by atoms with E-state index in [0.29, 0.717) is 0 Å². The summed E-state index contributed by atoms with van der Waals surface area (Å²) in [5.74, 6) is 0. The van der Waals surface area contributed by atoms with Crippen LogP contribution in [0.4, 0.5) is 0 Å². The van der Waals surface area contributed by atoms with Crippen LogP contribution in [0.15, 0.2) is 0 Å². The maximum absolute atomic E-state index is 2.26. The van der Waals surface area contributed by atoms with E-state index in [0.717, 1.165) is 0 Å². The van der Waals surface area contributed by atoms with E-state index < -0.39 is 0 Å². The van der Waals surface area contributed by atoms with E-state index in [2.05, 4.69) is 6.92 Å². The first-order valence-electron chi connectivity index (χ1n) is 3.56. The molecule has 0 nitrogen and oxygen atoms in total. The van der Waals surface area contributed by atoms with Gasteiger partial charge >= 0.3 is 66.0 Å². The van der Waals surface area contributed by atoms with Crippen LogP contribution < -0.4 is 0 Å². The van der Waals surface area contributed by atoms with E-state index in [1.54, 1.807) is 22.5 Å². The van der Waals surface area contributed by atoms with E-state index in [9.17, 15) is 0 Å². The topological polar surface area (TPSA) is 0 Å². The Morgan fingerprint density at radius 1 is 1.00 bits per heavy atom. The Morgan fingerprint density at radius 2 is 1.62 bits per heavy atom. The van der Waals surface area contributed by atoms with Crippen molar-refractivity contribution in [3.8, 4) is 0 Å². The molecule has 0 unspecified atom stereocenters. The zero-order valence-electron chi connectivity index (χ0n) is 5.74. The van der Waals surface area contributed by atoms with Crippen molar-refractivity contribution >= 4 is 22.5 Å². The summed E-state index contributed by atoms with van der Waals surface area (Å²) in [6.07, 6.45) is 7.22. The molecule has 8 heavy (non-hydrogen) atoms. The Labute approximate surface area is 66.1 Å². The van der Waals surface area contributed by atoms with Crippen LogP contribution >= 0.6 is 0 Å². The molecule has 0 aliphatic rings. The number of hydrogen-bond acceptors (Lipinski definition) is 0. The third-order valence-electron chi connectivity index (χ3n) is 1.28. The molecule has 0 atom stereocenters. The van der Waals surface area contributed by atoms with Gasteiger partial charge < -0.3 is 0 Å². The molecule has 0 rings (SSSR count). The second-order valence-corrected chi connectivity index (χ2v) is 3.59. The second-order valence-electron chi connectivity index (χ2n) is 2.16. The fraction of sp³-hybridized carbons (Fsp3) is 1.00. The van der Waals surface area contributed by atoms with Gasteiger partial charge in [-0.05, 0) is 0 Å². The molecule has 0 aliphatic carbocycles. The average molecular weight is 218 g/mol. The molecule has 0 aliphatic heterocycles. The summed E-state index contributed by atoms with van der Waals surface area (Å²) in [4.78, 5) is 0. The van der Waals surface area contributed by atoms with Crippen molar-refractivity contribution in [1.82, 2.24) is 0 Å². The minimum atomic E-state index is 1.37. The van der Waals surface area contributed by atoms with Gasteiger partial charge in [0.2, 0.25) is 0 Å². The Kier molecular flexibility index (Phi) is 8.58. The van der Waals surface area contributed by atoms with Crippen LogP contribution in [0, 0.1) is 0 Å². The summed E-state index contributed by atoms with van der Waals surface area (Å²) in [5.41, 5.74) is 0. The Balaban J connectivity index is 2.53. The molecule has 0 saturated heterocycles. The van der Waals surface area contributed by atoms with Crippen molar-refractivity contribution in [1.29, 1.82) is 0 Å². The van der Waals surface area contributed by atoms with E-state index >= 15 is 0 Å². The molecule has 0 spiro atoms. The van der Waals surface area contributed by atoms with Gasteiger partial charge in [-0.15, -0.1) is 0 Å². The fourth-order valence-electron chi connectivity index (χ4n) is 0.729. The molecule has 0 aromatic rings. The first kappa shape index (κ1) is 8.80. The molecular weight excluding hydrogens is 203 g/mol. The van der Waals surface area contributed by atoms with Crippen LogP contribution in [0.25, 0.3) is 0 Å². The van der Waals surface area contributed by atoms with Crippen molar-refractivity contribution in [2.75, 3.05) is 0 Å². The van der Waals surface area contributed by atoms with Crippen LogP contribution in [0.2, 0.25) is 4.44 Å². The summed E-state index contributed by atoms with van der Waals surface area (Å²) in [6.45, 7) is 2.26. The van der Waals surface area contributed by atoms with Crippen molar-refractivity contribution < 1.29 is 0 Å². The average Bonchev–Trinajstić information content (AvgIpc) is 1.81. The van der Waals surface area contributed by atoms with Gasteiger partial charge in [-0.25, -0.2) is 0 Å². The van der Waals surface area contributed by atoms with Gasteiger partial charge in [-0.2, -0.15) is 0 Å². The van der Waals surface area contributed by atoms with Crippen molar-refractivity contribution in [3.63, 3.8) is 0 Å². The zero-order chi connectivity index (χ0) is 6.24. The van der Waals surface area contributed by atoms with Gasteiger partial charge in [0.05, 0.1) is 0 Å². The summed E-state index contributed by atoms with van der Waals surface area (Å²) >= 11 is 1.71. The second kappa shape index (κ2) is 7.80. The predicted molar refractivity (Wildman–Crippen MR) is 39.3 cm³/mol. The van der Waals surface area contributed by atoms with Gasteiger partial charge in [0, 0.05) is 0 Å². The third-order valence-corrected chi connectivity index (χ3v) is 2.29. The van der Waals surface area contributed by atoms with Crippen molar-refractivity contribution in [2.45, 2.75) is 43.5 Å². The van der Waals surface area contributed by atoms with E-state index in [1.165, 1.54) is 36.5 Å². The number of unbranched alkanes of at least 4 members (excludes halogenated alkanes) is 4. The van der Waals surface area contributed by atoms with E-state index in [1.807, 2.05) is 0 Å². The van der Waals surface area contributed by atoms with Crippen LogP contribution in [-0.4, -0.2) is 22.5 Å². The summed E-state index contributed by atoms with van der Waals surface area (Å²) in [6, 6.07) is 0. The van der Waals surface area contributed by atoms with Gasteiger partial charge in [0.15, 0.2) is 0 Å². The maximum atomic E-state index is 2.26. The molecule has 0 aromatic carbocycles. The summed E-state index contributed by atoms with van der Waals surface area (Å²) in [5, 5.41) is 0. The molecular formula is C7H15Sn+3. The first-order chi connectivity index (χ1) is 3.91. The molecule has 0 aromatic heterocycles. The number of hydrogen-bond donors (Lipinski definition) is 0. The monoisotopic (exact) mass is 219 g/mol. The van der Waals surface area contributed by atoms with Crippen molar-refractivity contribution in [2.24, 2.45) is 0 Å². The molecule has 0 bridgehead atoms. The van der Waals surface area contributed by atoms with Gasteiger partial charge in [-0.1, -0.05) is 0 Å². The molecule has 1 heteroatoms. The minimum absolute atomic E-state index is 1.37. The molecule has 44 valence electrons. The van der Waals surface area contributed by atoms with Crippen LogP contribution in [0.3, 0.4) is 0 Å². The van der Waals surface area contributed by atoms with Crippen LogP contribution in [-0.2, 0) is 0 Å². The van der Waals surface area contributed by atoms with Crippen LogP contribution in [0.5, 0.6) is 0 Å². The van der Waals surface area contributed by atoms with E-state index in [4.69, 9.17) is 0 Å². The zero-order valence-corrected chi connectivity index (χ0v) is 8.60. The fourth-order valence-corrected chi connectivity index (χ4v) is 1.44. The van der Waals surface area contributed by atoms with E-state index in [-0.39, 0.29) is 0 Å². The van der Waals surface area contributed by atoms with Crippen molar-refractivity contribution in [3.05, 3.63) is 0 Å². The normalized spacial score (nSPS) is 9.88. The quantitative estimate of drug-likeness (QED) is 0.491. The standard InChI is InChI=1S/C7H15.Sn/c1-3-5-7-6-4-2;/h1,3-7H2,2H3;/q;+3. The molecule has 0 saturated carbocycles. The Bertz CT molecular complexity index is 29.4. The molecule has 0 N–H and O–H groups in total. The molecule has 0 amide bonds. The van der Waals surface area contributed by atoms with Gasteiger partial charge in [0.1, 0.15) is 0 Å². The summed E-state index contributed by atoms with van der Waals surface area (Å²) < 4.78 is 1.45. The number of rotatable bonds is 5. The molecule has 0 heterocycles. The predicted octanol–water partition coefficient (Wildman–Crippen LogP) is 2.54. The third kappa shape index (κ3) is 6.80. The van der Waals surface area contributed by atoms with Crippen LogP contribution in [0.1, 0.15) is 39.0 Å². The Hall–Kier alpha value is 0.799. The Morgan fingerprint density at radius 3 is 2.12 bits per heavy atom.